The smallest absolute Gasteiger partial charge is 0.550 e. The number of carboxylic acids is 2. The molecule has 0 unspecified atom stereocenters. The van der Waals surface area contributed by atoms with Crippen molar-refractivity contribution in [3.63, 3.8) is 0 Å². The van der Waals surface area contributed by atoms with E-state index in [9.17, 15) is 19.8 Å². The molecule has 0 aliphatic rings. The Morgan fingerprint density at radius 1 is 0.867 bits per heavy atom. The molecule has 0 amide bonds. The van der Waals surface area contributed by atoms with E-state index >= 15 is 0 Å². The number of aliphatic carboxylic acids is 2. The molecule has 0 bridgehead atoms. The number of hydrogen-bond donors (Lipinski definition) is 0. The number of hydrogen-bond acceptors (Lipinski definition) is 4. The minimum absolute atomic E-state index is 0. The molecule has 0 radical (unpaired) electrons. The van der Waals surface area contributed by atoms with E-state index in [1.165, 1.54) is 0 Å². The molecule has 0 heterocycles. The van der Waals surface area contributed by atoms with E-state index in [1.54, 1.807) is 0 Å². The fourth-order valence-electron chi connectivity index (χ4n) is 0.642. The van der Waals surface area contributed by atoms with E-state index in [1.807, 2.05) is 13.8 Å². The van der Waals surface area contributed by atoms with Gasteiger partial charge in [0.1, 0.15) is 0 Å². The van der Waals surface area contributed by atoms with Crippen LogP contribution in [-0.2, 0) is 26.7 Å². The predicted octanol–water partition coefficient (Wildman–Crippen LogP) is -0.149. The molecule has 0 rings (SSSR count). The minimum Gasteiger partial charge on any atom is -0.550 e. The van der Waals surface area contributed by atoms with Crippen molar-refractivity contribution in [2.75, 3.05) is 0 Å². The maximum Gasteiger partial charge on any atom is 2.00 e. The van der Waals surface area contributed by atoms with Crippen molar-refractivity contribution in [3.05, 3.63) is 0 Å². The number of carbonyl (C=O) groups excluding carboxylic acids is 2. The molecule has 5 heteroatoms. The first kappa shape index (κ1) is 19.9. The quantitative estimate of drug-likeness (QED) is 0.620. The first-order valence-electron chi connectivity index (χ1n) is 4.94. The second kappa shape index (κ2) is 15.9. The monoisotopic (exact) mass is 258 g/mol. The fourth-order valence-corrected chi connectivity index (χ4v) is 0.642. The van der Waals surface area contributed by atoms with Crippen LogP contribution in [-0.4, -0.2) is 11.9 Å². The van der Waals surface area contributed by atoms with E-state index < -0.39 is 11.9 Å². The summed E-state index contributed by atoms with van der Waals surface area (Å²) >= 11 is 0. The molecular weight excluding hydrogens is 240 g/mol. The van der Waals surface area contributed by atoms with Crippen molar-refractivity contribution in [3.8, 4) is 0 Å². The van der Waals surface area contributed by atoms with Crippen molar-refractivity contribution in [2.24, 2.45) is 0 Å². The van der Waals surface area contributed by atoms with Gasteiger partial charge in [0.25, 0.3) is 0 Å². The third kappa shape index (κ3) is 31.8. The van der Waals surface area contributed by atoms with Crippen LogP contribution in [0.5, 0.6) is 0 Å². The van der Waals surface area contributed by atoms with Gasteiger partial charge in [0.2, 0.25) is 0 Å². The van der Waals surface area contributed by atoms with E-state index in [2.05, 4.69) is 0 Å². The maximum absolute atomic E-state index is 9.65. The van der Waals surface area contributed by atoms with Gasteiger partial charge in [0.15, 0.2) is 0 Å². The molecule has 0 fully saturated rings. The zero-order valence-corrected chi connectivity index (χ0v) is 10.3. The molecule has 90 valence electrons. The summed E-state index contributed by atoms with van der Waals surface area (Å²) in [5, 5.41) is 19.3. The molecule has 0 aliphatic heterocycles. The van der Waals surface area contributed by atoms with Gasteiger partial charge >= 0.3 is 17.1 Å². The maximum atomic E-state index is 9.65. The fraction of sp³-hybridized carbons (Fsp3) is 0.800. The van der Waals surface area contributed by atoms with E-state index in [4.69, 9.17) is 0 Å². The molecule has 0 aromatic carbocycles. The molecule has 0 aromatic heterocycles. The van der Waals surface area contributed by atoms with Gasteiger partial charge in [-0.1, -0.05) is 26.7 Å². The van der Waals surface area contributed by atoms with Crippen molar-refractivity contribution < 1.29 is 36.9 Å². The van der Waals surface area contributed by atoms with Gasteiger partial charge in [0.05, 0.1) is 0 Å². The predicted molar refractivity (Wildman–Crippen MR) is 49.1 cm³/mol. The Kier molecular flexibility index (Phi) is 21.2. The summed E-state index contributed by atoms with van der Waals surface area (Å²) in [5.41, 5.74) is 0. The third-order valence-electron chi connectivity index (χ3n) is 1.47. The van der Waals surface area contributed by atoms with Gasteiger partial charge in [-0.3, -0.25) is 0 Å². The molecule has 0 saturated carbocycles. The van der Waals surface area contributed by atoms with Gasteiger partial charge in [-0.05, 0) is 25.7 Å². The van der Waals surface area contributed by atoms with Gasteiger partial charge in [-0.15, -0.1) is 0 Å². The SMILES string of the molecule is CCCCC(=O)[O-].CCCCC(=O)[O-].[Fe+2]. The van der Waals surface area contributed by atoms with Crippen LogP contribution in [0.15, 0.2) is 0 Å². The molecule has 15 heavy (non-hydrogen) atoms. The van der Waals surface area contributed by atoms with Crippen LogP contribution in [0.1, 0.15) is 52.4 Å². The molecule has 0 atom stereocenters. The summed E-state index contributed by atoms with van der Waals surface area (Å²) in [6.45, 7) is 3.89. The molecule has 0 N–H and O–H groups in total. The molecule has 0 saturated heterocycles. The van der Waals surface area contributed by atoms with E-state index in [0.717, 1.165) is 25.7 Å². The van der Waals surface area contributed by atoms with Gasteiger partial charge in [0, 0.05) is 11.9 Å². The first-order valence-corrected chi connectivity index (χ1v) is 4.94. The minimum atomic E-state index is -0.943. The van der Waals surface area contributed by atoms with Crippen LogP contribution in [0.25, 0.3) is 0 Å². The zero-order valence-electron chi connectivity index (χ0n) is 9.23. The average Bonchev–Trinajstić information content (AvgIpc) is 2.12. The molecular formula is C10H18FeO4. The van der Waals surface area contributed by atoms with E-state index in [-0.39, 0.29) is 29.9 Å². The topological polar surface area (TPSA) is 80.3 Å². The van der Waals surface area contributed by atoms with Crippen LogP contribution in [0.3, 0.4) is 0 Å². The van der Waals surface area contributed by atoms with Gasteiger partial charge < -0.3 is 19.8 Å². The van der Waals surface area contributed by atoms with Gasteiger partial charge in [-0.25, -0.2) is 0 Å². The number of unbranched alkanes of at least 4 members (excludes halogenated alkanes) is 2. The molecule has 0 aliphatic carbocycles. The largest absolute Gasteiger partial charge is 2.00 e. The van der Waals surface area contributed by atoms with Crippen LogP contribution >= 0.6 is 0 Å². The third-order valence-corrected chi connectivity index (χ3v) is 1.47. The summed E-state index contributed by atoms with van der Waals surface area (Å²) in [4.78, 5) is 19.3. The normalized spacial score (nSPS) is 8.13. The van der Waals surface area contributed by atoms with Crippen molar-refractivity contribution >= 4 is 11.9 Å². The number of carboxylic acid groups (broad SMARTS) is 2. The summed E-state index contributed by atoms with van der Waals surface area (Å²) < 4.78 is 0. The molecule has 0 aromatic rings. The van der Waals surface area contributed by atoms with E-state index in [0.29, 0.717) is 0 Å². The van der Waals surface area contributed by atoms with Crippen molar-refractivity contribution in [1.29, 1.82) is 0 Å². The second-order valence-corrected chi connectivity index (χ2v) is 2.95. The van der Waals surface area contributed by atoms with Gasteiger partial charge in [-0.2, -0.15) is 0 Å². The summed E-state index contributed by atoms with van der Waals surface area (Å²) in [7, 11) is 0. The Hall–Kier alpha value is -0.541. The Bertz CT molecular complexity index is 142. The number of rotatable bonds is 6. The number of carbonyl (C=O) groups is 2. The second-order valence-electron chi connectivity index (χ2n) is 2.95. The molecule has 4 nitrogen and oxygen atoms in total. The van der Waals surface area contributed by atoms with Crippen LogP contribution in [0, 0.1) is 0 Å². The summed E-state index contributed by atoms with van der Waals surface area (Å²) in [6, 6.07) is 0. The Morgan fingerprint density at radius 2 is 1.13 bits per heavy atom. The van der Waals surface area contributed by atoms with Crippen LogP contribution in [0.4, 0.5) is 0 Å². The van der Waals surface area contributed by atoms with Crippen LogP contribution in [0.2, 0.25) is 0 Å². The van der Waals surface area contributed by atoms with Crippen LogP contribution < -0.4 is 10.2 Å². The molecule has 0 spiro atoms. The zero-order chi connectivity index (χ0) is 11.4. The summed E-state index contributed by atoms with van der Waals surface area (Å²) in [6.07, 6.45) is 3.74. The first-order chi connectivity index (χ1) is 6.54. The van der Waals surface area contributed by atoms with Crippen molar-refractivity contribution in [2.45, 2.75) is 52.4 Å². The summed E-state index contributed by atoms with van der Waals surface area (Å²) in [5.74, 6) is -1.89. The Morgan fingerprint density at radius 3 is 1.20 bits per heavy atom. The standard InChI is InChI=1S/2C5H10O2.Fe/c2*1-2-3-4-5(6)7;/h2*2-4H2,1H3,(H,6,7);/q;;+2/p-2. The van der Waals surface area contributed by atoms with Crippen molar-refractivity contribution in [1.82, 2.24) is 0 Å². The average molecular weight is 258 g/mol. The Labute approximate surface area is 102 Å². The Balaban J connectivity index is -0.000000180.